The number of carboxylic acids is 1. The second-order valence-corrected chi connectivity index (χ2v) is 5.75. The highest BCUT2D eigenvalue weighted by Crippen LogP contribution is 2.51. The lowest BCUT2D eigenvalue weighted by molar-refractivity contribution is 0.0698. The smallest absolute Gasteiger partial charge is 0.337 e. The Hall–Kier alpha value is -1.91. The lowest BCUT2D eigenvalue weighted by Crippen LogP contribution is -2.18. The third-order valence-electron chi connectivity index (χ3n) is 4.74. The van der Waals surface area contributed by atoms with E-state index in [2.05, 4.69) is 10.3 Å². The van der Waals surface area contributed by atoms with Crippen molar-refractivity contribution in [3.8, 4) is 0 Å². The van der Waals surface area contributed by atoms with Crippen LogP contribution in [0.15, 0.2) is 18.2 Å². The number of hydrogen-bond acceptors (Lipinski definition) is 3. The summed E-state index contributed by atoms with van der Waals surface area (Å²) in [7, 11) is 0. The Labute approximate surface area is 110 Å². The Balaban J connectivity index is 1.88. The Bertz CT molecular complexity index is 664. The highest BCUT2D eigenvalue weighted by Gasteiger charge is 2.41. The number of benzene rings is 1. The van der Waals surface area contributed by atoms with Crippen molar-refractivity contribution in [1.29, 1.82) is 0 Å². The molecule has 0 spiro atoms. The fourth-order valence-corrected chi connectivity index (χ4v) is 3.91. The predicted octanol–water partition coefficient (Wildman–Crippen LogP) is 2.49. The molecule has 2 aliphatic carbocycles. The number of para-hydroxylation sites is 1. The van der Waals surface area contributed by atoms with Crippen LogP contribution >= 0.6 is 0 Å². The van der Waals surface area contributed by atoms with E-state index in [1.54, 1.807) is 12.1 Å². The van der Waals surface area contributed by atoms with Crippen LogP contribution in [-0.4, -0.2) is 26.1 Å². The maximum Gasteiger partial charge on any atom is 0.337 e. The molecular weight excluding hydrogens is 242 g/mol. The summed E-state index contributed by atoms with van der Waals surface area (Å²) in [4.78, 5) is 11.4. The van der Waals surface area contributed by atoms with Crippen LogP contribution in [0, 0.1) is 11.8 Å². The second-order valence-electron chi connectivity index (χ2n) is 5.75. The third kappa shape index (κ3) is 1.50. The average molecular weight is 257 g/mol. The molecule has 1 aromatic carbocycles. The molecule has 5 heteroatoms. The van der Waals surface area contributed by atoms with Crippen LogP contribution in [0.25, 0.3) is 11.0 Å². The van der Waals surface area contributed by atoms with Gasteiger partial charge in [-0.2, -0.15) is 0 Å². The van der Waals surface area contributed by atoms with E-state index in [1.165, 1.54) is 19.3 Å². The molecule has 19 heavy (non-hydrogen) atoms. The van der Waals surface area contributed by atoms with E-state index in [0.29, 0.717) is 28.6 Å². The zero-order valence-electron chi connectivity index (χ0n) is 10.5. The van der Waals surface area contributed by atoms with Gasteiger partial charge in [0.05, 0.1) is 11.6 Å². The van der Waals surface area contributed by atoms with Gasteiger partial charge in [0.25, 0.3) is 0 Å². The van der Waals surface area contributed by atoms with Crippen LogP contribution in [0.5, 0.6) is 0 Å². The van der Waals surface area contributed by atoms with Gasteiger partial charge in [-0.25, -0.2) is 9.48 Å². The molecule has 0 amide bonds. The van der Waals surface area contributed by atoms with Crippen molar-refractivity contribution in [2.75, 3.05) is 0 Å². The number of carbonyl (C=O) groups is 1. The molecule has 3 unspecified atom stereocenters. The van der Waals surface area contributed by atoms with Gasteiger partial charge in [-0.15, -0.1) is 5.10 Å². The molecule has 1 aromatic heterocycles. The van der Waals surface area contributed by atoms with Gasteiger partial charge in [-0.3, -0.25) is 0 Å². The number of fused-ring (bicyclic) bond motifs is 3. The molecule has 0 saturated heterocycles. The van der Waals surface area contributed by atoms with Crippen molar-refractivity contribution in [3.63, 3.8) is 0 Å². The topological polar surface area (TPSA) is 68.0 Å². The number of aromatic nitrogens is 3. The summed E-state index contributed by atoms with van der Waals surface area (Å²) in [5, 5.41) is 17.7. The molecule has 2 aromatic rings. The molecule has 1 heterocycles. The van der Waals surface area contributed by atoms with Crippen LogP contribution in [0.3, 0.4) is 0 Å². The monoisotopic (exact) mass is 257 g/mol. The molecule has 2 bridgehead atoms. The summed E-state index contributed by atoms with van der Waals surface area (Å²) in [5.41, 5.74) is 1.68. The molecule has 5 nitrogen and oxygen atoms in total. The van der Waals surface area contributed by atoms with E-state index in [9.17, 15) is 9.90 Å². The van der Waals surface area contributed by atoms with E-state index >= 15 is 0 Å². The van der Waals surface area contributed by atoms with Crippen LogP contribution < -0.4 is 0 Å². The second kappa shape index (κ2) is 3.79. The standard InChI is InChI=1S/C14H15N3O2/c18-14(19)10-2-1-3-11-13(10)17(16-15-11)12-7-8-4-5-9(12)6-8/h1-3,8-9,12H,4-7H2,(H,18,19). The predicted molar refractivity (Wildman–Crippen MR) is 69.0 cm³/mol. The fraction of sp³-hybridized carbons (Fsp3) is 0.500. The third-order valence-corrected chi connectivity index (χ3v) is 4.74. The van der Waals surface area contributed by atoms with Crippen molar-refractivity contribution in [1.82, 2.24) is 15.0 Å². The van der Waals surface area contributed by atoms with Gasteiger partial charge in [0.15, 0.2) is 0 Å². The first-order chi connectivity index (χ1) is 9.24. The highest BCUT2D eigenvalue weighted by atomic mass is 16.4. The van der Waals surface area contributed by atoms with Crippen molar-refractivity contribution < 1.29 is 9.90 Å². The molecule has 98 valence electrons. The summed E-state index contributed by atoms with van der Waals surface area (Å²) in [6, 6.07) is 5.53. The molecule has 2 saturated carbocycles. The van der Waals surface area contributed by atoms with Gasteiger partial charge in [0, 0.05) is 0 Å². The summed E-state index contributed by atoms with van der Waals surface area (Å²) in [5.74, 6) is 0.542. The first-order valence-electron chi connectivity index (χ1n) is 6.81. The number of rotatable bonds is 2. The molecule has 2 aliphatic rings. The minimum absolute atomic E-state index is 0.310. The van der Waals surface area contributed by atoms with Gasteiger partial charge in [-0.05, 0) is 43.2 Å². The van der Waals surface area contributed by atoms with Crippen molar-refractivity contribution >= 4 is 17.0 Å². The summed E-state index contributed by atoms with van der Waals surface area (Å²) < 4.78 is 1.88. The highest BCUT2D eigenvalue weighted by molar-refractivity contribution is 6.00. The summed E-state index contributed by atoms with van der Waals surface area (Å²) >= 11 is 0. The largest absolute Gasteiger partial charge is 0.478 e. The van der Waals surface area contributed by atoms with Crippen molar-refractivity contribution in [3.05, 3.63) is 23.8 Å². The Morgan fingerprint density at radius 3 is 2.89 bits per heavy atom. The minimum Gasteiger partial charge on any atom is -0.478 e. The van der Waals surface area contributed by atoms with E-state index < -0.39 is 5.97 Å². The normalized spacial score (nSPS) is 29.2. The van der Waals surface area contributed by atoms with Gasteiger partial charge in [0.2, 0.25) is 0 Å². The van der Waals surface area contributed by atoms with Gasteiger partial charge < -0.3 is 5.11 Å². The number of nitrogens with zero attached hydrogens (tertiary/aromatic N) is 3. The summed E-state index contributed by atoms with van der Waals surface area (Å²) in [6.45, 7) is 0. The van der Waals surface area contributed by atoms with E-state index in [1.807, 2.05) is 10.7 Å². The first-order valence-corrected chi connectivity index (χ1v) is 6.81. The SMILES string of the molecule is O=C(O)c1cccc2nnn(C3CC4CCC3C4)c12. The Morgan fingerprint density at radius 1 is 1.32 bits per heavy atom. The lowest BCUT2D eigenvalue weighted by atomic mass is 9.95. The maximum absolute atomic E-state index is 11.4. The first kappa shape index (κ1) is 11.0. The molecule has 4 rings (SSSR count). The molecule has 0 radical (unpaired) electrons. The molecule has 1 N–H and O–H groups in total. The van der Waals surface area contributed by atoms with Gasteiger partial charge in [0.1, 0.15) is 11.0 Å². The fourth-order valence-electron chi connectivity index (χ4n) is 3.91. The van der Waals surface area contributed by atoms with Gasteiger partial charge in [-0.1, -0.05) is 17.7 Å². The lowest BCUT2D eigenvalue weighted by Gasteiger charge is -2.22. The number of aromatic carboxylic acids is 1. The van der Waals surface area contributed by atoms with Crippen molar-refractivity contribution in [2.24, 2.45) is 11.8 Å². The van der Waals surface area contributed by atoms with E-state index in [-0.39, 0.29) is 0 Å². The van der Waals surface area contributed by atoms with Gasteiger partial charge >= 0.3 is 5.97 Å². The van der Waals surface area contributed by atoms with E-state index in [4.69, 9.17) is 0 Å². The molecule has 2 fully saturated rings. The Morgan fingerprint density at radius 2 is 2.21 bits per heavy atom. The maximum atomic E-state index is 11.4. The summed E-state index contributed by atoms with van der Waals surface area (Å²) in [6.07, 6.45) is 4.95. The van der Waals surface area contributed by atoms with Crippen LogP contribution in [0.4, 0.5) is 0 Å². The quantitative estimate of drug-likeness (QED) is 0.897. The number of hydrogen-bond donors (Lipinski definition) is 1. The van der Waals surface area contributed by atoms with Crippen LogP contribution in [0.1, 0.15) is 42.1 Å². The molecular formula is C14H15N3O2. The van der Waals surface area contributed by atoms with Crippen LogP contribution in [-0.2, 0) is 0 Å². The van der Waals surface area contributed by atoms with Crippen LogP contribution in [0.2, 0.25) is 0 Å². The zero-order chi connectivity index (χ0) is 13.0. The van der Waals surface area contributed by atoms with E-state index in [0.717, 1.165) is 12.3 Å². The number of carboxylic acid groups (broad SMARTS) is 1. The molecule has 3 atom stereocenters. The Kier molecular flexibility index (Phi) is 2.19. The minimum atomic E-state index is -0.905. The average Bonchev–Trinajstić information content (AvgIpc) is 3.11. The molecule has 0 aliphatic heterocycles. The zero-order valence-corrected chi connectivity index (χ0v) is 10.5. The van der Waals surface area contributed by atoms with Crippen molar-refractivity contribution in [2.45, 2.75) is 31.7 Å².